The number of para-hydroxylation sites is 1. The minimum absolute atomic E-state index is 0.00222. The second-order valence-corrected chi connectivity index (χ2v) is 5.03. The maximum atomic E-state index is 13.8. The zero-order valence-electron chi connectivity index (χ0n) is 11.5. The van der Waals surface area contributed by atoms with E-state index in [9.17, 15) is 4.39 Å². The first-order chi connectivity index (χ1) is 9.58. The average Bonchev–Trinajstić information content (AvgIpc) is 2.77. The first-order valence-corrected chi connectivity index (χ1v) is 6.56. The largest absolute Gasteiger partial charge is 0.369 e. The number of rotatable bonds is 2. The quantitative estimate of drug-likeness (QED) is 0.771. The number of nitrogen functional groups attached to an aromatic ring is 1. The van der Waals surface area contributed by atoms with Crippen molar-refractivity contribution in [2.75, 3.05) is 5.73 Å². The highest BCUT2D eigenvalue weighted by molar-refractivity contribution is 5.79. The fourth-order valence-corrected chi connectivity index (χ4v) is 2.50. The molecule has 20 heavy (non-hydrogen) atoms. The van der Waals surface area contributed by atoms with Gasteiger partial charge in [0.25, 0.3) is 0 Å². The van der Waals surface area contributed by atoms with Gasteiger partial charge in [0, 0.05) is 0 Å². The van der Waals surface area contributed by atoms with Gasteiger partial charge < -0.3 is 10.3 Å². The second-order valence-electron chi connectivity index (χ2n) is 5.03. The third-order valence-corrected chi connectivity index (χ3v) is 3.65. The molecule has 4 heteroatoms. The Morgan fingerprint density at radius 1 is 1.15 bits per heavy atom. The summed E-state index contributed by atoms with van der Waals surface area (Å²) in [6.07, 6.45) is 0. The van der Waals surface area contributed by atoms with Gasteiger partial charge >= 0.3 is 0 Å². The summed E-state index contributed by atoms with van der Waals surface area (Å²) in [6, 6.07) is 13.2. The minimum Gasteiger partial charge on any atom is -0.369 e. The van der Waals surface area contributed by atoms with Gasteiger partial charge in [-0.05, 0) is 31.5 Å². The lowest BCUT2D eigenvalue weighted by molar-refractivity contribution is 0.636. The van der Waals surface area contributed by atoms with Crippen LogP contribution in [0.5, 0.6) is 0 Å². The van der Waals surface area contributed by atoms with Crippen molar-refractivity contribution in [3.8, 4) is 0 Å². The second kappa shape index (κ2) is 4.63. The molecule has 0 aliphatic heterocycles. The van der Waals surface area contributed by atoms with Crippen LogP contribution in [0, 0.1) is 12.7 Å². The van der Waals surface area contributed by atoms with Crippen LogP contribution in [0.3, 0.4) is 0 Å². The first kappa shape index (κ1) is 12.7. The summed E-state index contributed by atoms with van der Waals surface area (Å²) in [7, 11) is 0. The lowest BCUT2D eigenvalue weighted by atomic mass is 10.1. The Balaban J connectivity index is 2.16. The van der Waals surface area contributed by atoms with E-state index in [0.29, 0.717) is 11.5 Å². The Labute approximate surface area is 116 Å². The summed E-state index contributed by atoms with van der Waals surface area (Å²) in [5.74, 6) is -0.0118. The van der Waals surface area contributed by atoms with Crippen LogP contribution in [0.25, 0.3) is 11.0 Å². The van der Waals surface area contributed by atoms with Gasteiger partial charge in [0.1, 0.15) is 5.52 Å². The van der Waals surface area contributed by atoms with Crippen LogP contribution < -0.4 is 5.73 Å². The van der Waals surface area contributed by atoms with Crippen molar-refractivity contribution < 1.29 is 4.39 Å². The molecule has 0 aliphatic carbocycles. The molecule has 0 fully saturated rings. The number of benzene rings is 2. The van der Waals surface area contributed by atoms with Gasteiger partial charge in [0.05, 0.1) is 11.6 Å². The van der Waals surface area contributed by atoms with Gasteiger partial charge in [-0.2, -0.15) is 0 Å². The Bertz CT molecular complexity index is 759. The van der Waals surface area contributed by atoms with Crippen molar-refractivity contribution in [2.24, 2.45) is 0 Å². The number of hydrogen-bond acceptors (Lipinski definition) is 2. The number of hydrogen-bond donors (Lipinski definition) is 1. The third-order valence-electron chi connectivity index (χ3n) is 3.65. The van der Waals surface area contributed by atoms with Crippen molar-refractivity contribution >= 4 is 17.0 Å². The van der Waals surface area contributed by atoms with Gasteiger partial charge in [0.2, 0.25) is 5.95 Å². The van der Waals surface area contributed by atoms with Crippen LogP contribution in [0.2, 0.25) is 0 Å². The number of aromatic nitrogens is 2. The molecule has 3 nitrogen and oxygen atoms in total. The number of nitrogens with zero attached hydrogens (tertiary/aromatic N) is 2. The molecule has 3 aromatic rings. The van der Waals surface area contributed by atoms with Gasteiger partial charge in [-0.25, -0.2) is 9.37 Å². The zero-order chi connectivity index (χ0) is 14.3. The van der Waals surface area contributed by atoms with Crippen LogP contribution in [0.4, 0.5) is 10.3 Å². The van der Waals surface area contributed by atoms with Gasteiger partial charge in [0.15, 0.2) is 5.82 Å². The van der Waals surface area contributed by atoms with E-state index in [-0.39, 0.29) is 11.9 Å². The standard InChI is InChI=1S/C16H16FN3/c1-10-6-8-12(9-7-10)11(2)20-14-5-3-4-13(17)15(14)19-16(20)18/h3-9,11H,1-2H3,(H2,18,19). The lowest BCUT2D eigenvalue weighted by Gasteiger charge is -2.16. The lowest BCUT2D eigenvalue weighted by Crippen LogP contribution is -2.10. The van der Waals surface area contributed by atoms with E-state index in [4.69, 9.17) is 5.73 Å². The van der Waals surface area contributed by atoms with E-state index in [2.05, 4.69) is 29.2 Å². The Morgan fingerprint density at radius 3 is 2.55 bits per heavy atom. The number of anilines is 1. The summed E-state index contributed by atoms with van der Waals surface area (Å²) in [5, 5.41) is 0. The summed E-state index contributed by atoms with van der Waals surface area (Å²) in [4.78, 5) is 4.14. The average molecular weight is 269 g/mol. The zero-order valence-corrected chi connectivity index (χ0v) is 11.5. The van der Waals surface area contributed by atoms with Crippen molar-refractivity contribution in [1.29, 1.82) is 0 Å². The SMILES string of the molecule is Cc1ccc(C(C)n2c(N)nc3c(F)cccc32)cc1. The Kier molecular flexibility index (Phi) is 2.93. The van der Waals surface area contributed by atoms with Gasteiger partial charge in [-0.3, -0.25) is 0 Å². The smallest absolute Gasteiger partial charge is 0.201 e. The van der Waals surface area contributed by atoms with E-state index in [0.717, 1.165) is 11.1 Å². The first-order valence-electron chi connectivity index (χ1n) is 6.56. The molecule has 0 bridgehead atoms. The molecule has 0 amide bonds. The monoisotopic (exact) mass is 269 g/mol. The molecule has 0 spiro atoms. The molecule has 1 heterocycles. The summed E-state index contributed by atoms with van der Waals surface area (Å²) >= 11 is 0. The van der Waals surface area contributed by atoms with Crippen molar-refractivity contribution in [3.05, 3.63) is 59.4 Å². The van der Waals surface area contributed by atoms with Crippen molar-refractivity contribution in [3.63, 3.8) is 0 Å². The highest BCUT2D eigenvalue weighted by Crippen LogP contribution is 2.28. The Hall–Kier alpha value is -2.36. The fourth-order valence-electron chi connectivity index (χ4n) is 2.50. The molecular formula is C16H16FN3. The molecular weight excluding hydrogens is 253 g/mol. The van der Waals surface area contributed by atoms with Gasteiger partial charge in [-0.15, -0.1) is 0 Å². The highest BCUT2D eigenvalue weighted by Gasteiger charge is 2.17. The van der Waals surface area contributed by atoms with E-state index in [1.165, 1.54) is 11.6 Å². The van der Waals surface area contributed by atoms with Crippen molar-refractivity contribution in [1.82, 2.24) is 9.55 Å². The molecule has 2 N–H and O–H groups in total. The maximum Gasteiger partial charge on any atom is 0.201 e. The van der Waals surface area contributed by atoms with E-state index >= 15 is 0 Å². The number of aryl methyl sites for hydroxylation is 1. The normalized spacial score (nSPS) is 12.8. The number of nitrogens with two attached hydrogens (primary N) is 1. The number of fused-ring (bicyclic) bond motifs is 1. The van der Waals surface area contributed by atoms with E-state index in [1.807, 2.05) is 24.5 Å². The van der Waals surface area contributed by atoms with Crippen LogP contribution in [0.1, 0.15) is 24.1 Å². The summed E-state index contributed by atoms with van der Waals surface area (Å²) in [6.45, 7) is 4.08. The predicted molar refractivity (Wildman–Crippen MR) is 79.1 cm³/mol. The van der Waals surface area contributed by atoms with Crippen LogP contribution >= 0.6 is 0 Å². The van der Waals surface area contributed by atoms with Gasteiger partial charge in [-0.1, -0.05) is 35.9 Å². The number of imidazole rings is 1. The molecule has 1 aromatic heterocycles. The molecule has 102 valence electrons. The minimum atomic E-state index is -0.343. The van der Waals surface area contributed by atoms with E-state index < -0.39 is 0 Å². The Morgan fingerprint density at radius 2 is 1.85 bits per heavy atom. The molecule has 1 atom stereocenters. The van der Waals surface area contributed by atoms with Crippen LogP contribution in [0.15, 0.2) is 42.5 Å². The highest BCUT2D eigenvalue weighted by atomic mass is 19.1. The van der Waals surface area contributed by atoms with Crippen LogP contribution in [-0.4, -0.2) is 9.55 Å². The molecule has 1 unspecified atom stereocenters. The topological polar surface area (TPSA) is 43.8 Å². The van der Waals surface area contributed by atoms with Crippen molar-refractivity contribution in [2.45, 2.75) is 19.9 Å². The van der Waals surface area contributed by atoms with Crippen LogP contribution in [-0.2, 0) is 0 Å². The molecule has 3 rings (SSSR count). The fraction of sp³-hybridized carbons (Fsp3) is 0.188. The molecule has 0 radical (unpaired) electrons. The molecule has 0 saturated heterocycles. The predicted octanol–water partition coefficient (Wildman–Crippen LogP) is 3.68. The molecule has 0 saturated carbocycles. The molecule has 0 aliphatic rings. The molecule has 2 aromatic carbocycles. The summed E-state index contributed by atoms with van der Waals surface area (Å²) < 4.78 is 15.6. The third kappa shape index (κ3) is 1.93. The maximum absolute atomic E-state index is 13.8. The van der Waals surface area contributed by atoms with E-state index in [1.54, 1.807) is 6.07 Å². The summed E-state index contributed by atoms with van der Waals surface area (Å²) in [5.41, 5.74) is 9.34. The number of halogens is 1.